The van der Waals surface area contributed by atoms with Gasteiger partial charge < -0.3 is 10.3 Å². The molecule has 1 heterocycles. The maximum Gasteiger partial charge on any atom is 0.242 e. The van der Waals surface area contributed by atoms with Gasteiger partial charge in [0.15, 0.2) is 0 Å². The van der Waals surface area contributed by atoms with Crippen molar-refractivity contribution in [1.29, 1.82) is 0 Å². The van der Waals surface area contributed by atoms with Crippen molar-refractivity contribution >= 4 is 43.4 Å². The first-order valence-electron chi connectivity index (χ1n) is 10.9. The summed E-state index contributed by atoms with van der Waals surface area (Å²) in [6, 6.07) is 11.4. The number of nitrogens with zero attached hydrogens (tertiary/aromatic N) is 3. The number of hydrogen-bond donors (Lipinski definition) is 1. The highest BCUT2D eigenvalue weighted by Crippen LogP contribution is 2.32. The van der Waals surface area contributed by atoms with E-state index in [2.05, 4.69) is 0 Å². The van der Waals surface area contributed by atoms with Crippen molar-refractivity contribution in [3.63, 3.8) is 0 Å². The molecule has 36 heavy (non-hydrogen) atoms. The van der Waals surface area contributed by atoms with E-state index in [0.717, 1.165) is 25.4 Å². The van der Waals surface area contributed by atoms with Crippen LogP contribution in [0.1, 0.15) is 16.8 Å². The number of hydrogen-bond acceptors (Lipinski definition) is 5. The molecular formula is C24H32ClFN4O4S2. The Morgan fingerprint density at radius 2 is 1.47 bits per heavy atom. The Balaban J connectivity index is 0.00000456. The summed E-state index contributed by atoms with van der Waals surface area (Å²) in [6.45, 7) is 1.90. The van der Waals surface area contributed by atoms with Crippen molar-refractivity contribution in [2.45, 2.75) is 29.7 Å². The molecule has 0 saturated carbocycles. The van der Waals surface area contributed by atoms with Gasteiger partial charge in [0, 0.05) is 51.3 Å². The average molecular weight is 559 g/mol. The number of allylic oxidation sites excluding steroid dienone is 1. The van der Waals surface area contributed by atoms with Gasteiger partial charge in [-0.3, -0.25) is 0 Å². The van der Waals surface area contributed by atoms with E-state index in [1.165, 1.54) is 40.3 Å². The van der Waals surface area contributed by atoms with E-state index >= 15 is 0 Å². The number of fused-ring (bicyclic) bond motifs is 1. The standard InChI is InChI=1S/C24H31FN4O4S2.ClH/c1-17-22(14-18-6-8-20(9-7-18)34(30,31)27(2)3)23-15-21(35(32,33)28(4)5)10-11-24(23)29(17)16-19(25)12-13-26;/h6-12,15H,13-14,16,26H2,1-5H3;1H. The summed E-state index contributed by atoms with van der Waals surface area (Å²) in [4.78, 5) is 0.317. The lowest BCUT2D eigenvalue weighted by atomic mass is 10.0. The zero-order valence-corrected chi connectivity index (χ0v) is 23.3. The number of rotatable bonds is 9. The van der Waals surface area contributed by atoms with E-state index in [9.17, 15) is 21.2 Å². The molecule has 8 nitrogen and oxygen atoms in total. The largest absolute Gasteiger partial charge is 0.338 e. The Labute approximate surface area is 218 Å². The van der Waals surface area contributed by atoms with E-state index < -0.39 is 20.0 Å². The summed E-state index contributed by atoms with van der Waals surface area (Å²) >= 11 is 0. The Morgan fingerprint density at radius 1 is 0.944 bits per heavy atom. The third-order valence-electron chi connectivity index (χ3n) is 5.94. The van der Waals surface area contributed by atoms with Crippen LogP contribution < -0.4 is 5.73 Å². The number of sulfonamides is 2. The fourth-order valence-electron chi connectivity index (χ4n) is 3.87. The molecule has 0 radical (unpaired) electrons. The summed E-state index contributed by atoms with van der Waals surface area (Å²) in [7, 11) is -1.35. The molecule has 0 aliphatic rings. The SMILES string of the molecule is Cc1c(Cc2ccc(S(=O)(=O)N(C)C)cc2)c2cc(S(=O)(=O)N(C)C)ccc2n1CC(F)=CCN.Cl. The van der Waals surface area contributed by atoms with Crippen LogP contribution in [0.2, 0.25) is 0 Å². The lowest BCUT2D eigenvalue weighted by Gasteiger charge is -2.12. The summed E-state index contributed by atoms with van der Waals surface area (Å²) in [5.74, 6) is -0.387. The van der Waals surface area contributed by atoms with E-state index in [1.54, 1.807) is 41.0 Å². The van der Waals surface area contributed by atoms with E-state index in [0.29, 0.717) is 17.3 Å². The fraction of sp³-hybridized carbons (Fsp3) is 0.333. The molecule has 0 aliphatic carbocycles. The van der Waals surface area contributed by atoms with Gasteiger partial charge in [-0.2, -0.15) is 0 Å². The van der Waals surface area contributed by atoms with Crippen molar-refractivity contribution in [3.05, 3.63) is 71.2 Å². The molecule has 3 aromatic rings. The lowest BCUT2D eigenvalue weighted by molar-refractivity contribution is 0.520. The molecule has 0 atom stereocenters. The topological polar surface area (TPSA) is 106 Å². The van der Waals surface area contributed by atoms with Gasteiger partial charge in [0.05, 0.1) is 16.3 Å². The van der Waals surface area contributed by atoms with Gasteiger partial charge in [-0.15, -0.1) is 12.4 Å². The van der Waals surface area contributed by atoms with Gasteiger partial charge in [-0.1, -0.05) is 12.1 Å². The van der Waals surface area contributed by atoms with Crippen molar-refractivity contribution in [1.82, 2.24) is 13.2 Å². The van der Waals surface area contributed by atoms with Crippen LogP contribution in [-0.4, -0.2) is 64.7 Å². The zero-order valence-electron chi connectivity index (χ0n) is 20.9. The van der Waals surface area contributed by atoms with Crippen LogP contribution in [0.15, 0.2) is 64.2 Å². The number of halogens is 2. The first-order chi connectivity index (χ1) is 16.3. The van der Waals surface area contributed by atoms with Crippen LogP contribution in [0.25, 0.3) is 10.9 Å². The van der Waals surface area contributed by atoms with Crippen LogP contribution >= 0.6 is 12.4 Å². The number of nitrogens with two attached hydrogens (primary N) is 1. The molecule has 0 fully saturated rings. The normalized spacial score (nSPS) is 13.0. The Hall–Kier alpha value is -2.28. The van der Waals surface area contributed by atoms with Crippen LogP contribution in [0.4, 0.5) is 4.39 Å². The molecule has 3 rings (SSSR count). The summed E-state index contributed by atoms with van der Waals surface area (Å²) < 4.78 is 68.8. The smallest absolute Gasteiger partial charge is 0.242 e. The van der Waals surface area contributed by atoms with Crippen molar-refractivity contribution in [2.75, 3.05) is 34.7 Å². The predicted octanol–water partition coefficient (Wildman–Crippen LogP) is 3.28. The summed E-state index contributed by atoms with van der Waals surface area (Å²) in [6.07, 6.45) is 1.71. The second-order valence-electron chi connectivity index (χ2n) is 8.61. The maximum absolute atomic E-state index is 14.4. The Morgan fingerprint density at radius 3 is 2.00 bits per heavy atom. The summed E-state index contributed by atoms with van der Waals surface area (Å²) in [5, 5.41) is 0.691. The Kier molecular flexibility index (Phi) is 9.49. The van der Waals surface area contributed by atoms with Crippen LogP contribution in [0, 0.1) is 6.92 Å². The fourth-order valence-corrected chi connectivity index (χ4v) is 5.70. The molecule has 0 aliphatic heterocycles. The van der Waals surface area contributed by atoms with Crippen LogP contribution in [0.3, 0.4) is 0 Å². The highest BCUT2D eigenvalue weighted by molar-refractivity contribution is 7.89. The van der Waals surface area contributed by atoms with Crippen LogP contribution in [-0.2, 0) is 33.0 Å². The lowest BCUT2D eigenvalue weighted by Crippen LogP contribution is -2.22. The van der Waals surface area contributed by atoms with Gasteiger partial charge in [-0.05, 0) is 60.9 Å². The minimum atomic E-state index is -3.67. The van der Waals surface area contributed by atoms with Gasteiger partial charge in [0.1, 0.15) is 5.83 Å². The first kappa shape index (κ1) is 29.9. The number of benzene rings is 2. The molecular weight excluding hydrogens is 527 g/mol. The predicted molar refractivity (Wildman–Crippen MR) is 143 cm³/mol. The van der Waals surface area contributed by atoms with Crippen molar-refractivity contribution in [3.8, 4) is 0 Å². The molecule has 0 saturated heterocycles. The first-order valence-corrected chi connectivity index (χ1v) is 13.8. The average Bonchev–Trinajstić information content (AvgIpc) is 3.04. The molecule has 0 amide bonds. The van der Waals surface area contributed by atoms with Gasteiger partial charge in [0.25, 0.3) is 0 Å². The highest BCUT2D eigenvalue weighted by Gasteiger charge is 2.22. The van der Waals surface area contributed by atoms with Gasteiger partial charge in [-0.25, -0.2) is 29.8 Å². The molecule has 12 heteroatoms. The third kappa shape index (κ3) is 5.82. The molecule has 2 N–H and O–H groups in total. The second kappa shape index (κ2) is 11.4. The van der Waals surface area contributed by atoms with E-state index in [4.69, 9.17) is 5.73 Å². The summed E-state index contributed by atoms with van der Waals surface area (Å²) in [5.41, 5.74) is 8.60. The van der Waals surface area contributed by atoms with Gasteiger partial charge in [0.2, 0.25) is 20.0 Å². The molecule has 0 unspecified atom stereocenters. The quantitative estimate of drug-likeness (QED) is 0.434. The third-order valence-corrected chi connectivity index (χ3v) is 9.58. The Bertz CT molecular complexity index is 1480. The van der Waals surface area contributed by atoms with Crippen LogP contribution in [0.5, 0.6) is 0 Å². The molecule has 0 spiro atoms. The highest BCUT2D eigenvalue weighted by atomic mass is 35.5. The molecule has 198 valence electrons. The number of aromatic nitrogens is 1. The molecule has 0 bridgehead atoms. The second-order valence-corrected chi connectivity index (χ2v) is 12.9. The van der Waals surface area contributed by atoms with Crippen molar-refractivity contribution in [2.24, 2.45) is 5.73 Å². The maximum atomic E-state index is 14.4. The minimum Gasteiger partial charge on any atom is -0.338 e. The monoisotopic (exact) mass is 558 g/mol. The van der Waals surface area contributed by atoms with E-state index in [-0.39, 0.29) is 41.1 Å². The van der Waals surface area contributed by atoms with Gasteiger partial charge >= 0.3 is 0 Å². The minimum absolute atomic E-state index is 0. The molecule has 1 aromatic heterocycles. The van der Waals surface area contributed by atoms with Crippen molar-refractivity contribution < 1.29 is 21.2 Å². The zero-order chi connectivity index (χ0) is 26.1. The molecule has 2 aromatic carbocycles. The van der Waals surface area contributed by atoms with E-state index in [1.807, 2.05) is 6.92 Å².